The number of carbonyl (C=O) groups excluding carboxylic acids is 2. The van der Waals surface area contributed by atoms with E-state index in [1.54, 1.807) is 12.3 Å². The molecule has 1 aromatic heterocycles. The van der Waals surface area contributed by atoms with Gasteiger partial charge in [0.1, 0.15) is 11.4 Å². The van der Waals surface area contributed by atoms with Crippen molar-refractivity contribution in [3.63, 3.8) is 0 Å². The van der Waals surface area contributed by atoms with Gasteiger partial charge in [-0.1, -0.05) is 37.8 Å². The van der Waals surface area contributed by atoms with Crippen LogP contribution in [0.5, 0.6) is 11.5 Å². The van der Waals surface area contributed by atoms with Gasteiger partial charge in [-0.3, -0.25) is 14.6 Å². The highest BCUT2D eigenvalue weighted by molar-refractivity contribution is 5.97. The molecule has 38 heavy (non-hydrogen) atoms. The molecule has 1 aromatic carbocycles. The van der Waals surface area contributed by atoms with Gasteiger partial charge in [-0.2, -0.15) is 0 Å². The number of aromatic hydroxyl groups is 1. The highest BCUT2D eigenvalue weighted by atomic mass is 16.5. The molecule has 9 nitrogen and oxygen atoms in total. The van der Waals surface area contributed by atoms with Crippen LogP contribution in [0, 0.1) is 0 Å². The fourth-order valence-electron chi connectivity index (χ4n) is 5.17. The lowest BCUT2D eigenvalue weighted by Gasteiger charge is -2.31. The number of phenols is 1. The van der Waals surface area contributed by atoms with E-state index in [9.17, 15) is 14.7 Å². The number of fused-ring (bicyclic) bond motifs is 1. The van der Waals surface area contributed by atoms with Crippen LogP contribution in [0.15, 0.2) is 36.5 Å². The van der Waals surface area contributed by atoms with Crippen molar-refractivity contribution >= 4 is 17.5 Å². The summed E-state index contributed by atoms with van der Waals surface area (Å²) in [6, 6.07) is 9.54. The zero-order valence-corrected chi connectivity index (χ0v) is 22.1. The topological polar surface area (TPSA) is 113 Å². The quantitative estimate of drug-likeness (QED) is 0.209. The molecule has 4 rings (SSSR count). The maximum atomic E-state index is 13.2. The minimum absolute atomic E-state index is 0.00280. The molecule has 1 aliphatic carbocycles. The molecule has 206 valence electrons. The number of aromatic nitrogens is 1. The number of ether oxygens (including phenoxy) is 2. The van der Waals surface area contributed by atoms with Crippen LogP contribution in [-0.4, -0.2) is 72.3 Å². The minimum Gasteiger partial charge on any atom is -0.506 e. The van der Waals surface area contributed by atoms with Gasteiger partial charge in [0.25, 0.3) is 5.91 Å². The number of hydrogen-bond acceptors (Lipinski definition) is 7. The number of hydrogen-bond donors (Lipinski definition) is 3. The second-order valence-corrected chi connectivity index (χ2v) is 9.95. The summed E-state index contributed by atoms with van der Waals surface area (Å²) < 4.78 is 11.3. The molecule has 9 heteroatoms. The summed E-state index contributed by atoms with van der Waals surface area (Å²) in [5.74, 6) is 0.422. The molecular formula is C29H40N4O5. The number of nitrogens with one attached hydrogen (secondary N) is 2. The molecule has 0 atom stereocenters. The molecule has 2 aromatic rings. The molecular weight excluding hydrogens is 484 g/mol. The van der Waals surface area contributed by atoms with Crippen LogP contribution >= 0.6 is 0 Å². The summed E-state index contributed by atoms with van der Waals surface area (Å²) in [6.07, 6.45) is 10.6. The Morgan fingerprint density at radius 1 is 1.11 bits per heavy atom. The van der Waals surface area contributed by atoms with E-state index < -0.39 is 0 Å². The second-order valence-electron chi connectivity index (χ2n) is 9.95. The minimum atomic E-state index is -0.273. The first-order chi connectivity index (χ1) is 18.6. The van der Waals surface area contributed by atoms with Gasteiger partial charge < -0.3 is 30.1 Å². The summed E-state index contributed by atoms with van der Waals surface area (Å²) in [7, 11) is 0. The molecule has 1 aliphatic heterocycles. The van der Waals surface area contributed by atoms with Crippen molar-refractivity contribution in [2.75, 3.05) is 44.8 Å². The smallest absolute Gasteiger partial charge is 0.262 e. The molecule has 0 spiro atoms. The van der Waals surface area contributed by atoms with E-state index in [0.29, 0.717) is 63.2 Å². The Morgan fingerprint density at radius 3 is 2.74 bits per heavy atom. The van der Waals surface area contributed by atoms with Crippen molar-refractivity contribution in [2.45, 2.75) is 63.8 Å². The summed E-state index contributed by atoms with van der Waals surface area (Å²) >= 11 is 0. The van der Waals surface area contributed by atoms with Crippen LogP contribution in [0.2, 0.25) is 0 Å². The predicted molar refractivity (Wildman–Crippen MR) is 145 cm³/mol. The molecule has 0 saturated heterocycles. The Hall–Kier alpha value is -3.17. The van der Waals surface area contributed by atoms with Gasteiger partial charge in [-0.15, -0.1) is 0 Å². The average Bonchev–Trinajstić information content (AvgIpc) is 3.22. The zero-order chi connectivity index (χ0) is 26.6. The number of rotatable bonds is 13. The Balaban J connectivity index is 1.23. The van der Waals surface area contributed by atoms with E-state index in [1.165, 1.54) is 25.7 Å². The standard InChI is InChI=1S/C29H40N4O5/c34-25-11-10-22(29-28(25)32-26(35)21-38-29)12-16-30-17-18-33(24-8-3-1-2-4-9-24)27(36)14-20-37-19-13-23-7-5-6-15-31-23/h5-7,10-11,15,24,30,34H,1-4,8-9,12-14,16-21H2,(H,32,35). The van der Waals surface area contributed by atoms with Crippen molar-refractivity contribution in [3.05, 3.63) is 47.8 Å². The third-order valence-electron chi connectivity index (χ3n) is 7.20. The van der Waals surface area contributed by atoms with Gasteiger partial charge >= 0.3 is 0 Å². The molecule has 1 saturated carbocycles. The van der Waals surface area contributed by atoms with E-state index in [2.05, 4.69) is 20.5 Å². The highest BCUT2D eigenvalue weighted by Gasteiger charge is 2.25. The molecule has 0 bridgehead atoms. The van der Waals surface area contributed by atoms with Gasteiger partial charge in [0.05, 0.1) is 19.6 Å². The largest absolute Gasteiger partial charge is 0.506 e. The van der Waals surface area contributed by atoms with Crippen LogP contribution in [0.25, 0.3) is 0 Å². The van der Waals surface area contributed by atoms with Crippen molar-refractivity contribution in [2.24, 2.45) is 0 Å². The normalized spacial score (nSPS) is 15.7. The van der Waals surface area contributed by atoms with E-state index in [4.69, 9.17) is 9.47 Å². The van der Waals surface area contributed by atoms with Crippen LogP contribution in [0.1, 0.15) is 56.2 Å². The van der Waals surface area contributed by atoms with Gasteiger partial charge in [0.2, 0.25) is 5.91 Å². The van der Waals surface area contributed by atoms with Gasteiger partial charge in [0.15, 0.2) is 12.4 Å². The summed E-state index contributed by atoms with van der Waals surface area (Å²) in [6.45, 7) is 2.98. The van der Waals surface area contributed by atoms with E-state index in [1.807, 2.05) is 24.3 Å². The number of phenolic OH excluding ortho intramolecular Hbond substituents is 1. The lowest BCUT2D eigenvalue weighted by Crippen LogP contribution is -2.44. The molecule has 1 fully saturated rings. The molecule has 3 N–H and O–H groups in total. The number of nitrogens with zero attached hydrogens (tertiary/aromatic N) is 2. The summed E-state index contributed by atoms with van der Waals surface area (Å²) in [5, 5.41) is 16.2. The van der Waals surface area contributed by atoms with Crippen LogP contribution in [0.3, 0.4) is 0 Å². The van der Waals surface area contributed by atoms with Gasteiger partial charge in [-0.25, -0.2) is 0 Å². The predicted octanol–water partition coefficient (Wildman–Crippen LogP) is 3.45. The first-order valence-corrected chi connectivity index (χ1v) is 13.9. The van der Waals surface area contributed by atoms with Crippen molar-refractivity contribution in [1.29, 1.82) is 0 Å². The second kappa shape index (κ2) is 14.7. The number of anilines is 1. The molecule has 2 heterocycles. The van der Waals surface area contributed by atoms with Crippen LogP contribution in [0.4, 0.5) is 5.69 Å². The van der Waals surface area contributed by atoms with E-state index in [0.717, 1.165) is 30.5 Å². The summed E-state index contributed by atoms with van der Waals surface area (Å²) in [4.78, 5) is 31.2. The van der Waals surface area contributed by atoms with Crippen LogP contribution in [-0.2, 0) is 27.2 Å². The SMILES string of the molecule is O=C1COc2c(CCNCCN(C(=O)CCOCCc3ccccn3)C3CCCCCC3)ccc(O)c2N1. The Morgan fingerprint density at radius 2 is 1.95 bits per heavy atom. The van der Waals surface area contributed by atoms with Crippen LogP contribution < -0.4 is 15.4 Å². The number of carbonyl (C=O) groups is 2. The highest BCUT2D eigenvalue weighted by Crippen LogP contribution is 2.39. The van der Waals surface area contributed by atoms with E-state index in [-0.39, 0.29) is 24.2 Å². The maximum absolute atomic E-state index is 13.2. The average molecular weight is 525 g/mol. The van der Waals surface area contributed by atoms with Crippen molar-refractivity contribution < 1.29 is 24.2 Å². The van der Waals surface area contributed by atoms with E-state index >= 15 is 0 Å². The fraction of sp³-hybridized carbons (Fsp3) is 0.552. The lowest BCUT2D eigenvalue weighted by molar-refractivity contribution is -0.135. The summed E-state index contributed by atoms with van der Waals surface area (Å²) in [5.41, 5.74) is 2.25. The third kappa shape index (κ3) is 8.16. The van der Waals surface area contributed by atoms with Gasteiger partial charge in [-0.05, 0) is 49.6 Å². The fourth-order valence-corrected chi connectivity index (χ4v) is 5.17. The molecule has 0 radical (unpaired) electrons. The number of amides is 2. The number of pyridine rings is 1. The number of benzene rings is 1. The molecule has 0 unspecified atom stereocenters. The Kier molecular flexibility index (Phi) is 10.8. The van der Waals surface area contributed by atoms with Crippen molar-refractivity contribution in [3.8, 4) is 11.5 Å². The first-order valence-electron chi connectivity index (χ1n) is 13.9. The third-order valence-corrected chi connectivity index (χ3v) is 7.20. The van der Waals surface area contributed by atoms with Crippen molar-refractivity contribution in [1.82, 2.24) is 15.2 Å². The first kappa shape index (κ1) is 27.9. The Bertz CT molecular complexity index is 1040. The zero-order valence-electron chi connectivity index (χ0n) is 22.1. The van der Waals surface area contributed by atoms with Gasteiger partial charge in [0, 0.05) is 37.4 Å². The lowest BCUT2D eigenvalue weighted by atomic mass is 10.1. The maximum Gasteiger partial charge on any atom is 0.262 e. The molecule has 2 amide bonds. The molecule has 2 aliphatic rings. The Labute approximate surface area is 224 Å². The monoisotopic (exact) mass is 524 g/mol.